The summed E-state index contributed by atoms with van der Waals surface area (Å²) in [5.74, 6) is -0.319. The van der Waals surface area contributed by atoms with Crippen LogP contribution in [-0.4, -0.2) is 56.4 Å². The number of thiazole rings is 1. The number of benzene rings is 1. The number of ether oxygens (including phenoxy) is 1. The van der Waals surface area contributed by atoms with E-state index in [4.69, 9.17) is 9.57 Å². The van der Waals surface area contributed by atoms with E-state index in [0.717, 1.165) is 41.5 Å². The summed E-state index contributed by atoms with van der Waals surface area (Å²) >= 11 is 1.60. The summed E-state index contributed by atoms with van der Waals surface area (Å²) in [4.78, 5) is 23.7. The molecular formula is C14H17N3O3S. The van der Waals surface area contributed by atoms with E-state index in [1.807, 2.05) is 17.2 Å². The Kier molecular flexibility index (Phi) is 4.05. The third-order valence-corrected chi connectivity index (χ3v) is 4.64. The maximum absolute atomic E-state index is 11.6. The molecule has 2 aromatic rings. The summed E-state index contributed by atoms with van der Waals surface area (Å²) in [6, 6.07) is 5.46. The van der Waals surface area contributed by atoms with E-state index >= 15 is 0 Å². The monoisotopic (exact) mass is 307 g/mol. The summed E-state index contributed by atoms with van der Waals surface area (Å²) in [5.41, 5.74) is 1.47. The second-order valence-corrected chi connectivity index (χ2v) is 5.78. The summed E-state index contributed by atoms with van der Waals surface area (Å²) in [7, 11) is 3.08. The standard InChI is InChI=1S/C14H17N3O3S/c1-19-13(18)10-3-4-11-12(9-10)21-14(15-11)16-5-7-17(20-2)8-6-16/h3-4,9H,5-8H2,1-2H3. The molecule has 0 spiro atoms. The van der Waals surface area contributed by atoms with E-state index < -0.39 is 0 Å². The van der Waals surface area contributed by atoms with Gasteiger partial charge < -0.3 is 14.5 Å². The van der Waals surface area contributed by atoms with E-state index in [1.54, 1.807) is 24.5 Å². The first-order chi connectivity index (χ1) is 10.2. The maximum Gasteiger partial charge on any atom is 0.337 e. The van der Waals surface area contributed by atoms with Crippen molar-refractivity contribution in [2.45, 2.75) is 0 Å². The number of hydrogen-bond acceptors (Lipinski definition) is 7. The smallest absolute Gasteiger partial charge is 0.337 e. The third-order valence-electron chi connectivity index (χ3n) is 3.57. The van der Waals surface area contributed by atoms with E-state index in [-0.39, 0.29) is 5.97 Å². The lowest BCUT2D eigenvalue weighted by Crippen LogP contribution is -2.45. The molecule has 0 N–H and O–H groups in total. The van der Waals surface area contributed by atoms with Crippen LogP contribution >= 0.6 is 11.3 Å². The molecule has 0 saturated carbocycles. The Balaban J connectivity index is 1.83. The van der Waals surface area contributed by atoms with Crippen molar-refractivity contribution < 1.29 is 14.4 Å². The Morgan fingerprint density at radius 3 is 2.67 bits per heavy atom. The highest BCUT2D eigenvalue weighted by Gasteiger charge is 2.20. The Labute approximate surface area is 126 Å². The van der Waals surface area contributed by atoms with Crippen molar-refractivity contribution in [3.63, 3.8) is 0 Å². The predicted octanol–water partition coefficient (Wildman–Crippen LogP) is 1.77. The Hall–Kier alpha value is -1.70. The Morgan fingerprint density at radius 1 is 1.24 bits per heavy atom. The molecule has 0 radical (unpaired) electrons. The number of rotatable bonds is 3. The molecular weight excluding hydrogens is 290 g/mol. The van der Waals surface area contributed by atoms with E-state index in [2.05, 4.69) is 9.88 Å². The zero-order valence-electron chi connectivity index (χ0n) is 12.0. The lowest BCUT2D eigenvalue weighted by Gasteiger charge is -2.32. The van der Waals surface area contributed by atoms with Crippen LogP contribution in [0.1, 0.15) is 10.4 Å². The molecule has 7 heteroatoms. The zero-order valence-corrected chi connectivity index (χ0v) is 12.9. The van der Waals surface area contributed by atoms with Crippen molar-refractivity contribution in [2.75, 3.05) is 45.3 Å². The Morgan fingerprint density at radius 2 is 2.00 bits per heavy atom. The molecule has 0 atom stereocenters. The van der Waals surface area contributed by atoms with Gasteiger partial charge in [-0.2, -0.15) is 5.06 Å². The fraction of sp³-hybridized carbons (Fsp3) is 0.429. The van der Waals surface area contributed by atoms with E-state index in [0.29, 0.717) is 5.56 Å². The number of carbonyl (C=O) groups excluding carboxylic acids is 1. The highest BCUT2D eigenvalue weighted by Crippen LogP contribution is 2.30. The Bertz CT molecular complexity index is 650. The van der Waals surface area contributed by atoms with Crippen molar-refractivity contribution in [1.82, 2.24) is 10.0 Å². The number of nitrogens with zero attached hydrogens (tertiary/aromatic N) is 3. The number of fused-ring (bicyclic) bond motifs is 1. The van der Waals surface area contributed by atoms with Gasteiger partial charge in [0.05, 0.1) is 30.0 Å². The topological polar surface area (TPSA) is 54.9 Å². The highest BCUT2D eigenvalue weighted by atomic mass is 32.1. The van der Waals surface area contributed by atoms with Crippen LogP contribution in [0.2, 0.25) is 0 Å². The van der Waals surface area contributed by atoms with Crippen LogP contribution in [0.15, 0.2) is 18.2 Å². The molecule has 3 rings (SSSR count). The third kappa shape index (κ3) is 2.85. The van der Waals surface area contributed by atoms with E-state index in [9.17, 15) is 4.79 Å². The minimum Gasteiger partial charge on any atom is -0.465 e. The van der Waals surface area contributed by atoms with Gasteiger partial charge in [0.2, 0.25) is 0 Å². The second-order valence-electron chi connectivity index (χ2n) is 4.77. The van der Waals surface area contributed by atoms with Crippen molar-refractivity contribution in [3.8, 4) is 0 Å². The molecule has 1 aromatic heterocycles. The van der Waals surface area contributed by atoms with Gasteiger partial charge in [-0.05, 0) is 18.2 Å². The van der Waals surface area contributed by atoms with Gasteiger partial charge in [0.15, 0.2) is 5.13 Å². The van der Waals surface area contributed by atoms with Crippen molar-refractivity contribution in [2.24, 2.45) is 0 Å². The van der Waals surface area contributed by atoms with Crippen molar-refractivity contribution in [1.29, 1.82) is 0 Å². The number of hydroxylamine groups is 2. The number of hydrogen-bond donors (Lipinski definition) is 0. The molecule has 1 saturated heterocycles. The fourth-order valence-corrected chi connectivity index (χ4v) is 3.41. The van der Waals surface area contributed by atoms with Crippen LogP contribution in [0.5, 0.6) is 0 Å². The molecule has 1 aliphatic rings. The largest absolute Gasteiger partial charge is 0.465 e. The highest BCUT2D eigenvalue weighted by molar-refractivity contribution is 7.22. The van der Waals surface area contributed by atoms with Gasteiger partial charge in [-0.15, -0.1) is 0 Å². The first-order valence-electron chi connectivity index (χ1n) is 6.74. The van der Waals surface area contributed by atoms with Crippen LogP contribution in [0.3, 0.4) is 0 Å². The van der Waals surface area contributed by atoms with Crippen LogP contribution in [0.25, 0.3) is 10.2 Å². The van der Waals surface area contributed by atoms with Gasteiger partial charge in [-0.3, -0.25) is 0 Å². The molecule has 1 aliphatic heterocycles. The molecule has 0 amide bonds. The molecule has 6 nitrogen and oxygen atoms in total. The fourth-order valence-electron chi connectivity index (χ4n) is 2.35. The molecule has 1 aromatic carbocycles. The quantitative estimate of drug-likeness (QED) is 0.806. The first kappa shape index (κ1) is 14.2. The summed E-state index contributed by atoms with van der Waals surface area (Å²) in [6.07, 6.45) is 0. The SMILES string of the molecule is COC(=O)c1ccc2nc(N3CCN(OC)CC3)sc2c1. The minimum atomic E-state index is -0.319. The predicted molar refractivity (Wildman–Crippen MR) is 81.8 cm³/mol. The molecule has 1 fully saturated rings. The van der Waals surface area contributed by atoms with Crippen LogP contribution in [0.4, 0.5) is 5.13 Å². The summed E-state index contributed by atoms with van der Waals surface area (Å²) in [5, 5.41) is 2.93. The van der Waals surface area contributed by atoms with Gasteiger partial charge in [0.25, 0.3) is 0 Å². The first-order valence-corrected chi connectivity index (χ1v) is 7.56. The number of anilines is 1. The number of aromatic nitrogens is 1. The number of esters is 1. The second kappa shape index (κ2) is 5.97. The molecule has 0 aliphatic carbocycles. The average Bonchev–Trinajstić information content (AvgIpc) is 2.97. The number of carbonyl (C=O) groups is 1. The zero-order chi connectivity index (χ0) is 14.8. The lowest BCUT2D eigenvalue weighted by molar-refractivity contribution is -0.133. The lowest BCUT2D eigenvalue weighted by atomic mass is 10.2. The van der Waals surface area contributed by atoms with E-state index in [1.165, 1.54) is 7.11 Å². The molecule has 0 bridgehead atoms. The van der Waals surface area contributed by atoms with Crippen molar-refractivity contribution >= 4 is 32.7 Å². The van der Waals surface area contributed by atoms with Gasteiger partial charge in [-0.1, -0.05) is 11.3 Å². The average molecular weight is 307 g/mol. The molecule has 112 valence electrons. The van der Waals surface area contributed by atoms with Gasteiger partial charge in [0, 0.05) is 26.2 Å². The normalized spacial score (nSPS) is 16.4. The number of piperazine rings is 1. The summed E-state index contributed by atoms with van der Waals surface area (Å²) in [6.45, 7) is 3.49. The van der Waals surface area contributed by atoms with Crippen LogP contribution in [-0.2, 0) is 9.57 Å². The van der Waals surface area contributed by atoms with Crippen LogP contribution < -0.4 is 4.90 Å². The number of methoxy groups -OCH3 is 1. The van der Waals surface area contributed by atoms with Gasteiger partial charge >= 0.3 is 5.97 Å². The van der Waals surface area contributed by atoms with Crippen molar-refractivity contribution in [3.05, 3.63) is 23.8 Å². The van der Waals surface area contributed by atoms with Crippen LogP contribution in [0, 0.1) is 0 Å². The molecule has 2 heterocycles. The minimum absolute atomic E-state index is 0.319. The molecule has 21 heavy (non-hydrogen) atoms. The van der Waals surface area contributed by atoms with Gasteiger partial charge in [-0.25, -0.2) is 9.78 Å². The summed E-state index contributed by atoms with van der Waals surface area (Å²) < 4.78 is 5.75. The van der Waals surface area contributed by atoms with Gasteiger partial charge in [0.1, 0.15) is 0 Å². The maximum atomic E-state index is 11.6. The molecule has 0 unspecified atom stereocenters.